The van der Waals surface area contributed by atoms with Crippen LogP contribution in [0.3, 0.4) is 0 Å². The van der Waals surface area contributed by atoms with Crippen LogP contribution < -0.4 is 11.5 Å². The van der Waals surface area contributed by atoms with Crippen LogP contribution >= 0.6 is 12.4 Å². The molecule has 0 unspecified atom stereocenters. The topological polar surface area (TPSA) is 52.0 Å². The van der Waals surface area contributed by atoms with E-state index in [0.29, 0.717) is 6.54 Å². The highest BCUT2D eigenvalue weighted by Crippen LogP contribution is 2.37. The predicted molar refractivity (Wildman–Crippen MR) is 82.5 cm³/mol. The molecule has 0 saturated carbocycles. The molecular weight excluding hydrogens is 256 g/mol. The second-order valence-corrected chi connectivity index (χ2v) is 4.93. The average Bonchev–Trinajstić information content (AvgIpc) is 2.76. The third-order valence-electron chi connectivity index (χ3n) is 3.72. The largest absolute Gasteiger partial charge is 0.330 e. The van der Waals surface area contributed by atoms with Crippen LogP contribution in [0.5, 0.6) is 0 Å². The number of hydrogen-bond donors (Lipinski definition) is 2. The maximum absolute atomic E-state index is 6.12. The zero-order valence-electron chi connectivity index (χ0n) is 10.8. The van der Waals surface area contributed by atoms with Crippen LogP contribution in [0.15, 0.2) is 42.5 Å². The van der Waals surface area contributed by atoms with Gasteiger partial charge in [-0.1, -0.05) is 42.5 Å². The molecule has 0 saturated heterocycles. The summed E-state index contributed by atoms with van der Waals surface area (Å²) >= 11 is 0. The number of hydrogen-bond acceptors (Lipinski definition) is 2. The second kappa shape index (κ2) is 5.74. The Bertz CT molecular complexity index is 581. The highest BCUT2D eigenvalue weighted by molar-refractivity contribution is 5.85. The minimum atomic E-state index is 0. The molecule has 2 aromatic carbocycles. The van der Waals surface area contributed by atoms with E-state index in [2.05, 4.69) is 42.5 Å². The number of fused-ring (bicyclic) bond motifs is 3. The highest BCUT2D eigenvalue weighted by atomic mass is 35.5. The van der Waals surface area contributed by atoms with E-state index in [1.807, 2.05) is 0 Å². The average molecular weight is 275 g/mol. The molecule has 0 amide bonds. The minimum Gasteiger partial charge on any atom is -0.330 e. The Morgan fingerprint density at radius 3 is 2.53 bits per heavy atom. The number of nitrogens with two attached hydrogens (primary N) is 2. The Kier molecular flexibility index (Phi) is 4.25. The van der Waals surface area contributed by atoms with E-state index in [-0.39, 0.29) is 18.4 Å². The van der Waals surface area contributed by atoms with Gasteiger partial charge in [-0.05, 0) is 47.2 Å². The van der Waals surface area contributed by atoms with E-state index in [4.69, 9.17) is 11.5 Å². The molecule has 1 aliphatic carbocycles. The summed E-state index contributed by atoms with van der Waals surface area (Å²) in [6, 6.07) is 15.2. The number of halogens is 1. The van der Waals surface area contributed by atoms with Crippen molar-refractivity contribution in [3.63, 3.8) is 0 Å². The van der Waals surface area contributed by atoms with E-state index in [1.54, 1.807) is 0 Å². The van der Waals surface area contributed by atoms with Gasteiger partial charge in [0.1, 0.15) is 0 Å². The van der Waals surface area contributed by atoms with Crippen molar-refractivity contribution in [3.05, 3.63) is 59.2 Å². The lowest BCUT2D eigenvalue weighted by Crippen LogP contribution is -2.15. The van der Waals surface area contributed by atoms with E-state index in [9.17, 15) is 0 Å². The minimum absolute atomic E-state index is 0. The first-order valence-electron chi connectivity index (χ1n) is 6.46. The Labute approximate surface area is 120 Å². The van der Waals surface area contributed by atoms with Crippen LogP contribution in [0.1, 0.15) is 29.2 Å². The fraction of sp³-hybridized carbons (Fsp3) is 0.250. The summed E-state index contributed by atoms with van der Waals surface area (Å²) in [7, 11) is 0. The summed E-state index contributed by atoms with van der Waals surface area (Å²) in [6.45, 7) is 0.637. The number of rotatable bonds is 3. The van der Waals surface area contributed by atoms with E-state index >= 15 is 0 Å². The number of benzene rings is 2. The van der Waals surface area contributed by atoms with Crippen LogP contribution in [-0.2, 0) is 6.42 Å². The van der Waals surface area contributed by atoms with E-state index in [0.717, 1.165) is 12.8 Å². The predicted octanol–water partition coefficient (Wildman–Crippen LogP) is 3.03. The molecule has 1 atom stereocenters. The molecule has 0 bridgehead atoms. The van der Waals surface area contributed by atoms with Crippen LogP contribution in [0.25, 0.3) is 11.1 Å². The van der Waals surface area contributed by atoms with Gasteiger partial charge in [-0.2, -0.15) is 0 Å². The Hall–Kier alpha value is -1.35. The molecule has 0 spiro atoms. The summed E-state index contributed by atoms with van der Waals surface area (Å²) in [4.78, 5) is 0. The summed E-state index contributed by atoms with van der Waals surface area (Å²) < 4.78 is 0. The van der Waals surface area contributed by atoms with Crippen LogP contribution in [0, 0.1) is 0 Å². The lowest BCUT2D eigenvalue weighted by atomic mass is 9.98. The lowest BCUT2D eigenvalue weighted by molar-refractivity contribution is 0.661. The van der Waals surface area contributed by atoms with Gasteiger partial charge in [-0.15, -0.1) is 12.4 Å². The van der Waals surface area contributed by atoms with Gasteiger partial charge in [-0.25, -0.2) is 0 Å². The SMILES string of the molecule is Cl.NCC[C@@H](N)c1ccc2c(c1)Cc1ccccc1-2. The quantitative estimate of drug-likeness (QED) is 0.771. The normalized spacial score (nSPS) is 13.4. The molecule has 19 heavy (non-hydrogen) atoms. The molecule has 0 heterocycles. The maximum atomic E-state index is 6.12. The van der Waals surface area contributed by atoms with Crippen molar-refractivity contribution in [2.75, 3.05) is 6.54 Å². The van der Waals surface area contributed by atoms with Crippen molar-refractivity contribution >= 4 is 12.4 Å². The first-order chi connectivity index (χ1) is 8.79. The third kappa shape index (κ3) is 2.52. The van der Waals surface area contributed by atoms with E-state index in [1.165, 1.54) is 27.8 Å². The van der Waals surface area contributed by atoms with Gasteiger partial charge >= 0.3 is 0 Å². The van der Waals surface area contributed by atoms with Crippen molar-refractivity contribution < 1.29 is 0 Å². The molecular formula is C16H19ClN2. The molecule has 100 valence electrons. The molecule has 4 N–H and O–H groups in total. The zero-order chi connectivity index (χ0) is 12.5. The third-order valence-corrected chi connectivity index (χ3v) is 3.72. The first kappa shape index (κ1) is 14.1. The second-order valence-electron chi connectivity index (χ2n) is 4.93. The van der Waals surface area contributed by atoms with Gasteiger partial charge in [0.25, 0.3) is 0 Å². The summed E-state index contributed by atoms with van der Waals surface area (Å²) in [5, 5.41) is 0. The monoisotopic (exact) mass is 274 g/mol. The molecule has 1 aliphatic rings. The van der Waals surface area contributed by atoms with Crippen molar-refractivity contribution in [1.29, 1.82) is 0 Å². The molecule has 0 fully saturated rings. The van der Waals surface area contributed by atoms with Gasteiger partial charge in [0.15, 0.2) is 0 Å². The standard InChI is InChI=1S/C16H18N2.ClH/c17-8-7-16(18)12-5-6-15-13(10-12)9-11-3-1-2-4-14(11)15;/h1-6,10,16H,7-9,17-18H2;1H/t16-;/m1./s1. The molecule has 0 aromatic heterocycles. The summed E-state index contributed by atoms with van der Waals surface area (Å²) in [6.07, 6.45) is 1.86. The molecule has 2 aromatic rings. The van der Waals surface area contributed by atoms with Gasteiger partial charge in [0.05, 0.1) is 0 Å². The fourth-order valence-corrected chi connectivity index (χ4v) is 2.74. The fourth-order valence-electron chi connectivity index (χ4n) is 2.74. The maximum Gasteiger partial charge on any atom is 0.0307 e. The van der Waals surface area contributed by atoms with Gasteiger partial charge in [-0.3, -0.25) is 0 Å². The van der Waals surface area contributed by atoms with Gasteiger partial charge < -0.3 is 11.5 Å². The Morgan fingerprint density at radius 1 is 1.00 bits per heavy atom. The molecule has 3 heteroatoms. The summed E-state index contributed by atoms with van der Waals surface area (Å²) in [5.41, 5.74) is 18.4. The highest BCUT2D eigenvalue weighted by Gasteiger charge is 2.18. The Balaban J connectivity index is 0.00000133. The van der Waals surface area contributed by atoms with Crippen molar-refractivity contribution in [3.8, 4) is 11.1 Å². The van der Waals surface area contributed by atoms with Crippen molar-refractivity contribution in [1.82, 2.24) is 0 Å². The van der Waals surface area contributed by atoms with Gasteiger partial charge in [0, 0.05) is 6.04 Å². The summed E-state index contributed by atoms with van der Waals surface area (Å²) in [5.74, 6) is 0. The van der Waals surface area contributed by atoms with Crippen molar-refractivity contribution in [2.24, 2.45) is 11.5 Å². The lowest BCUT2D eigenvalue weighted by Gasteiger charge is -2.12. The molecule has 0 aliphatic heterocycles. The van der Waals surface area contributed by atoms with Crippen LogP contribution in [0.4, 0.5) is 0 Å². The molecule has 3 rings (SSSR count). The first-order valence-corrected chi connectivity index (χ1v) is 6.46. The van der Waals surface area contributed by atoms with E-state index < -0.39 is 0 Å². The van der Waals surface area contributed by atoms with Crippen molar-refractivity contribution in [2.45, 2.75) is 18.9 Å². The smallest absolute Gasteiger partial charge is 0.0307 e. The molecule has 0 radical (unpaired) electrons. The Morgan fingerprint density at radius 2 is 1.74 bits per heavy atom. The van der Waals surface area contributed by atoms with Crippen LogP contribution in [-0.4, -0.2) is 6.54 Å². The van der Waals surface area contributed by atoms with Crippen LogP contribution in [0.2, 0.25) is 0 Å². The zero-order valence-corrected chi connectivity index (χ0v) is 11.6. The van der Waals surface area contributed by atoms with Gasteiger partial charge in [0.2, 0.25) is 0 Å². The molecule has 2 nitrogen and oxygen atoms in total.